The van der Waals surface area contributed by atoms with Crippen LogP contribution in [-0.4, -0.2) is 69.2 Å². The van der Waals surface area contributed by atoms with E-state index < -0.39 is 0 Å². The molecule has 0 saturated carbocycles. The second-order valence-electron chi connectivity index (χ2n) is 15.2. The lowest BCUT2D eigenvalue weighted by Crippen LogP contribution is -2.57. The molecule has 1 heterocycles. The van der Waals surface area contributed by atoms with Gasteiger partial charge in [0, 0.05) is 57.3 Å². The van der Waals surface area contributed by atoms with Gasteiger partial charge in [-0.15, -0.1) is 16.4 Å². The van der Waals surface area contributed by atoms with Crippen molar-refractivity contribution < 1.29 is 0 Å². The van der Waals surface area contributed by atoms with Crippen molar-refractivity contribution in [2.45, 2.75) is 13.3 Å². The van der Waals surface area contributed by atoms with Gasteiger partial charge in [0.15, 0.2) is 11.7 Å². The van der Waals surface area contributed by atoms with Crippen molar-refractivity contribution in [1.29, 1.82) is 0 Å². The van der Waals surface area contributed by atoms with E-state index in [1.54, 1.807) is 0 Å². The molecule has 0 spiro atoms. The zero-order valence-corrected chi connectivity index (χ0v) is 34.0. The van der Waals surface area contributed by atoms with Crippen LogP contribution in [0.4, 0.5) is 11.4 Å². The Balaban J connectivity index is 1.36. The average molecular weight is 733 g/mol. The molecule has 1 aromatic heterocycles. The van der Waals surface area contributed by atoms with E-state index in [2.05, 4.69) is 183 Å². The molecule has 1 unspecified atom stereocenters. The Bertz CT molecular complexity index is 2740. The monoisotopic (exact) mass is 733 g/mol. The lowest BCUT2D eigenvalue weighted by atomic mass is 9.60. The van der Waals surface area contributed by atoms with E-state index in [1.165, 1.54) is 44.2 Å². The van der Waals surface area contributed by atoms with Crippen LogP contribution >= 0.6 is 0 Å². The van der Waals surface area contributed by atoms with Crippen LogP contribution in [0.5, 0.6) is 0 Å². The molecule has 10 heteroatoms. The van der Waals surface area contributed by atoms with Crippen molar-refractivity contribution in [3.63, 3.8) is 0 Å². The fraction of sp³-hybridized carbons (Fsp3) is 0.0851. The van der Waals surface area contributed by atoms with Gasteiger partial charge in [-0.3, -0.25) is 0 Å². The van der Waals surface area contributed by atoms with Crippen LogP contribution in [0.2, 0.25) is 0 Å². The SMILES string of the molecule is Bc1c(B)c(B)c(/C(N=C)=N/C(=N\c2ccccc2-c2c(NC)ccc3c2c2c(n3-c3ccc(-c4ccccc4)cc3)CC(C)C=C2)c2ccccc2)c(B)c1B. The number of nitrogens with one attached hydrogen (secondary N) is 1. The van der Waals surface area contributed by atoms with Crippen molar-refractivity contribution in [2.75, 3.05) is 12.4 Å². The number of aliphatic imine (C=N–C) groups is 3. The fourth-order valence-corrected chi connectivity index (χ4v) is 8.44. The van der Waals surface area contributed by atoms with E-state index in [-0.39, 0.29) is 0 Å². The second kappa shape index (κ2) is 15.7. The first-order valence-corrected chi connectivity index (χ1v) is 19.8. The molecular formula is C47H44B5N5. The van der Waals surface area contributed by atoms with Gasteiger partial charge in [-0.25, -0.2) is 15.0 Å². The smallest absolute Gasteiger partial charge is 0.162 e. The Hall–Kier alpha value is -6.27. The summed E-state index contributed by atoms with van der Waals surface area (Å²) in [6.45, 7) is 6.31. The predicted octanol–water partition coefficient (Wildman–Crippen LogP) is 2.73. The van der Waals surface area contributed by atoms with E-state index in [9.17, 15) is 0 Å². The van der Waals surface area contributed by atoms with Crippen LogP contribution in [0, 0.1) is 5.92 Å². The minimum absolute atomic E-state index is 0.417. The van der Waals surface area contributed by atoms with Gasteiger partial charge in [0.25, 0.3) is 0 Å². The highest BCUT2D eigenvalue weighted by Gasteiger charge is 2.26. The number of fused-ring (bicyclic) bond motifs is 3. The minimum atomic E-state index is 0.417. The van der Waals surface area contributed by atoms with Crippen LogP contribution in [-0.2, 0) is 6.42 Å². The number of amidine groups is 2. The number of hydrogen-bond acceptors (Lipinski definition) is 2. The molecule has 1 N–H and O–H groups in total. The molecule has 0 saturated heterocycles. The molecule has 0 bridgehead atoms. The molecule has 0 radical (unpaired) electrons. The maximum atomic E-state index is 5.44. The quantitative estimate of drug-likeness (QED) is 0.153. The topological polar surface area (TPSA) is 54.0 Å². The Kier molecular flexibility index (Phi) is 10.4. The maximum absolute atomic E-state index is 5.44. The summed E-state index contributed by atoms with van der Waals surface area (Å²) in [6.07, 6.45) is 5.61. The highest BCUT2D eigenvalue weighted by atomic mass is 15.0. The molecular weight excluding hydrogens is 689 g/mol. The summed E-state index contributed by atoms with van der Waals surface area (Å²) in [6, 6.07) is 42.6. The zero-order chi connectivity index (χ0) is 39.8. The van der Waals surface area contributed by atoms with Gasteiger partial charge >= 0.3 is 0 Å². The van der Waals surface area contributed by atoms with E-state index in [0.29, 0.717) is 17.6 Å². The van der Waals surface area contributed by atoms with Crippen LogP contribution in [0.15, 0.2) is 142 Å². The Morgan fingerprint density at radius 1 is 0.702 bits per heavy atom. The van der Waals surface area contributed by atoms with Crippen LogP contribution in [0.25, 0.3) is 44.9 Å². The molecule has 8 rings (SSSR count). The van der Waals surface area contributed by atoms with Crippen LogP contribution in [0.1, 0.15) is 29.3 Å². The lowest BCUT2D eigenvalue weighted by Gasteiger charge is -2.20. The summed E-state index contributed by atoms with van der Waals surface area (Å²) in [5.74, 6) is 1.56. The van der Waals surface area contributed by atoms with Crippen molar-refractivity contribution in [2.24, 2.45) is 20.9 Å². The summed E-state index contributed by atoms with van der Waals surface area (Å²) >= 11 is 0. The molecule has 7 aromatic rings. The minimum Gasteiger partial charge on any atom is -0.388 e. The van der Waals surface area contributed by atoms with E-state index in [4.69, 9.17) is 9.98 Å². The molecule has 0 fully saturated rings. The number of rotatable bonds is 7. The van der Waals surface area contributed by atoms with Crippen molar-refractivity contribution in [3.8, 4) is 27.9 Å². The number of nitrogens with zero attached hydrogens (tertiary/aromatic N) is 4. The normalized spacial score (nSPS) is 14.1. The number of hydrogen-bond donors (Lipinski definition) is 1. The standard InChI is InChI=1S/C47H44B5N5/c1-27-18-23-33-37(26-27)57(31-21-19-29(20-22-31)28-12-6-4-7-13-28)36-25-24-35(53-2)38(39(33)36)32-16-10-11-17-34(32)55-46(30-14-8-5-9-15-30)56-47(54-3)40-41(48)43(50)45(52)44(51)42(40)49/h4-25,27,53H,3,26,48-52H2,1-2H3/b55-46-,56-47-. The molecule has 5 nitrogen and oxygen atoms in total. The van der Waals surface area contributed by atoms with E-state index in [1.807, 2.05) is 25.2 Å². The summed E-state index contributed by atoms with van der Waals surface area (Å²) in [5, 5.41) is 4.75. The first-order chi connectivity index (χ1) is 27.7. The Morgan fingerprint density at radius 3 is 1.98 bits per heavy atom. The first kappa shape index (κ1) is 37.6. The third-order valence-electron chi connectivity index (χ3n) is 11.9. The Morgan fingerprint density at radius 2 is 1.32 bits per heavy atom. The van der Waals surface area contributed by atoms with Gasteiger partial charge in [-0.2, -0.15) is 0 Å². The molecule has 272 valence electrons. The molecule has 1 atom stereocenters. The van der Waals surface area contributed by atoms with Gasteiger partial charge < -0.3 is 9.88 Å². The summed E-state index contributed by atoms with van der Waals surface area (Å²) in [4.78, 5) is 15.3. The highest BCUT2D eigenvalue weighted by Crippen LogP contribution is 2.46. The third kappa shape index (κ3) is 6.84. The highest BCUT2D eigenvalue weighted by molar-refractivity contribution is 6.68. The third-order valence-corrected chi connectivity index (χ3v) is 11.9. The van der Waals surface area contributed by atoms with Crippen molar-refractivity contribution in [1.82, 2.24) is 4.57 Å². The van der Waals surface area contributed by atoms with Crippen LogP contribution in [0.3, 0.4) is 0 Å². The van der Waals surface area contributed by atoms with Gasteiger partial charge in [-0.1, -0.05) is 121 Å². The maximum Gasteiger partial charge on any atom is 0.162 e. The van der Waals surface area contributed by atoms with Gasteiger partial charge in [0.1, 0.15) is 39.2 Å². The first-order valence-electron chi connectivity index (χ1n) is 19.8. The average Bonchev–Trinajstić information content (AvgIpc) is 3.58. The number of para-hydroxylation sites is 1. The van der Waals surface area contributed by atoms with Crippen LogP contribution < -0.4 is 32.6 Å². The molecule has 57 heavy (non-hydrogen) atoms. The molecule has 0 amide bonds. The lowest BCUT2D eigenvalue weighted by molar-refractivity contribution is 0.690. The van der Waals surface area contributed by atoms with Crippen molar-refractivity contribution in [3.05, 3.63) is 150 Å². The van der Waals surface area contributed by atoms with Crippen molar-refractivity contribution >= 4 is 113 Å². The Labute approximate surface area is 340 Å². The number of aromatic nitrogens is 1. The number of anilines is 1. The summed E-state index contributed by atoms with van der Waals surface area (Å²) in [5.41, 5.74) is 19.3. The second-order valence-corrected chi connectivity index (χ2v) is 15.2. The molecule has 1 aliphatic carbocycles. The largest absolute Gasteiger partial charge is 0.388 e. The van der Waals surface area contributed by atoms with Gasteiger partial charge in [-0.05, 0) is 60.5 Å². The predicted molar refractivity (Wildman–Crippen MR) is 262 cm³/mol. The zero-order valence-electron chi connectivity index (χ0n) is 34.0. The molecule has 1 aliphatic rings. The van der Waals surface area contributed by atoms with E-state index in [0.717, 1.165) is 62.2 Å². The summed E-state index contributed by atoms with van der Waals surface area (Å²) < 4.78 is 2.46. The molecule has 6 aromatic carbocycles. The fourth-order valence-electron chi connectivity index (χ4n) is 8.44. The number of allylic oxidation sites excluding steroid dienone is 1. The van der Waals surface area contributed by atoms with E-state index >= 15 is 0 Å². The molecule has 0 aliphatic heterocycles. The van der Waals surface area contributed by atoms with Gasteiger partial charge in [0.05, 0.1) is 11.2 Å². The number of benzene rings is 6. The van der Waals surface area contributed by atoms with Gasteiger partial charge in [0.2, 0.25) is 0 Å². The summed E-state index contributed by atoms with van der Waals surface area (Å²) in [7, 11) is 12.8.